The molecule has 0 saturated heterocycles. The van der Waals surface area contributed by atoms with E-state index < -0.39 is 10.0 Å². The molecule has 0 unspecified atom stereocenters. The SMILES string of the molecule is CN(c1ccc(OCC(=O)NCc2ccc3c(c2)OCO3)cc1)S(=O)(=O)c1ccc(Br)cc1. The number of nitrogens with one attached hydrogen (secondary N) is 1. The summed E-state index contributed by atoms with van der Waals surface area (Å²) in [7, 11) is -2.21. The molecule has 1 heterocycles. The highest BCUT2D eigenvalue weighted by Gasteiger charge is 2.21. The van der Waals surface area contributed by atoms with Crippen LogP contribution in [0.2, 0.25) is 0 Å². The summed E-state index contributed by atoms with van der Waals surface area (Å²) >= 11 is 3.30. The van der Waals surface area contributed by atoms with E-state index in [0.29, 0.717) is 29.5 Å². The molecule has 0 radical (unpaired) electrons. The molecule has 33 heavy (non-hydrogen) atoms. The van der Waals surface area contributed by atoms with Crippen molar-refractivity contribution in [3.63, 3.8) is 0 Å². The van der Waals surface area contributed by atoms with Crippen LogP contribution in [-0.4, -0.2) is 34.8 Å². The third kappa shape index (κ3) is 5.40. The number of fused-ring (bicyclic) bond motifs is 1. The molecule has 8 nitrogen and oxygen atoms in total. The summed E-state index contributed by atoms with van der Waals surface area (Å²) in [5.74, 6) is 1.51. The number of amides is 1. The van der Waals surface area contributed by atoms with Crippen molar-refractivity contribution in [3.05, 3.63) is 76.8 Å². The monoisotopic (exact) mass is 532 g/mol. The van der Waals surface area contributed by atoms with Crippen LogP contribution in [0.15, 0.2) is 76.1 Å². The average molecular weight is 533 g/mol. The van der Waals surface area contributed by atoms with E-state index in [9.17, 15) is 13.2 Å². The molecule has 0 fully saturated rings. The van der Waals surface area contributed by atoms with E-state index in [4.69, 9.17) is 14.2 Å². The lowest BCUT2D eigenvalue weighted by atomic mass is 10.2. The van der Waals surface area contributed by atoms with Crippen molar-refractivity contribution < 1.29 is 27.4 Å². The first kappa shape index (κ1) is 22.9. The Bertz CT molecular complexity index is 1250. The zero-order chi connectivity index (χ0) is 23.4. The molecule has 1 aliphatic heterocycles. The molecule has 3 aromatic carbocycles. The largest absolute Gasteiger partial charge is 0.484 e. The van der Waals surface area contributed by atoms with Crippen molar-refractivity contribution in [2.75, 3.05) is 24.8 Å². The molecule has 0 aromatic heterocycles. The van der Waals surface area contributed by atoms with E-state index >= 15 is 0 Å². The second-order valence-corrected chi connectivity index (χ2v) is 10.1. The van der Waals surface area contributed by atoms with E-state index in [1.54, 1.807) is 42.5 Å². The molecule has 0 spiro atoms. The van der Waals surface area contributed by atoms with E-state index in [0.717, 1.165) is 10.0 Å². The maximum Gasteiger partial charge on any atom is 0.264 e. The number of carbonyl (C=O) groups excluding carboxylic acids is 1. The van der Waals surface area contributed by atoms with Crippen LogP contribution in [0.3, 0.4) is 0 Å². The van der Waals surface area contributed by atoms with Crippen molar-refractivity contribution in [2.24, 2.45) is 0 Å². The molecule has 3 aromatic rings. The molecule has 1 aliphatic rings. The van der Waals surface area contributed by atoms with Gasteiger partial charge in [-0.1, -0.05) is 22.0 Å². The van der Waals surface area contributed by atoms with Crippen molar-refractivity contribution in [2.45, 2.75) is 11.4 Å². The number of rotatable bonds is 8. The number of hydrogen-bond donors (Lipinski definition) is 1. The minimum absolute atomic E-state index is 0.170. The molecule has 1 N–H and O–H groups in total. The Hall–Kier alpha value is -3.24. The Kier molecular flexibility index (Phi) is 6.75. The number of halogens is 1. The fourth-order valence-electron chi connectivity index (χ4n) is 3.11. The van der Waals surface area contributed by atoms with Crippen LogP contribution in [0, 0.1) is 0 Å². The van der Waals surface area contributed by atoms with Gasteiger partial charge in [0, 0.05) is 18.1 Å². The highest BCUT2D eigenvalue weighted by Crippen LogP contribution is 2.32. The van der Waals surface area contributed by atoms with Crippen LogP contribution < -0.4 is 23.8 Å². The first-order valence-corrected chi connectivity index (χ1v) is 12.2. The lowest BCUT2D eigenvalue weighted by molar-refractivity contribution is -0.123. The topological polar surface area (TPSA) is 94.2 Å². The minimum Gasteiger partial charge on any atom is -0.484 e. The van der Waals surface area contributed by atoms with Crippen LogP contribution >= 0.6 is 15.9 Å². The normalized spacial score (nSPS) is 12.3. The third-order valence-electron chi connectivity index (χ3n) is 4.97. The summed E-state index contributed by atoms with van der Waals surface area (Å²) in [6.45, 7) is 0.358. The van der Waals surface area contributed by atoms with E-state index in [-0.39, 0.29) is 24.2 Å². The van der Waals surface area contributed by atoms with Crippen LogP contribution in [-0.2, 0) is 21.4 Å². The number of benzene rings is 3. The Morgan fingerprint density at radius 2 is 1.73 bits per heavy atom. The van der Waals surface area contributed by atoms with Gasteiger partial charge in [0.05, 0.1) is 10.6 Å². The smallest absolute Gasteiger partial charge is 0.264 e. The van der Waals surface area contributed by atoms with Gasteiger partial charge < -0.3 is 19.5 Å². The maximum absolute atomic E-state index is 12.8. The van der Waals surface area contributed by atoms with Crippen LogP contribution in [0.25, 0.3) is 0 Å². The molecule has 10 heteroatoms. The second kappa shape index (κ2) is 9.72. The molecule has 1 amide bonds. The number of hydrogen-bond acceptors (Lipinski definition) is 6. The number of sulfonamides is 1. The predicted octanol–water partition coefficient (Wildman–Crippen LogP) is 3.70. The molecule has 0 aliphatic carbocycles. The van der Waals surface area contributed by atoms with Crippen molar-refractivity contribution in [3.8, 4) is 17.2 Å². The van der Waals surface area contributed by atoms with Gasteiger partial charge in [0.1, 0.15) is 5.75 Å². The summed E-state index contributed by atoms with van der Waals surface area (Å²) in [4.78, 5) is 12.3. The summed E-state index contributed by atoms with van der Waals surface area (Å²) in [5, 5.41) is 2.78. The zero-order valence-corrected chi connectivity index (χ0v) is 20.1. The van der Waals surface area contributed by atoms with Gasteiger partial charge in [-0.15, -0.1) is 0 Å². The number of nitrogens with zero attached hydrogens (tertiary/aromatic N) is 1. The van der Waals surface area contributed by atoms with Gasteiger partial charge in [-0.25, -0.2) is 8.42 Å². The molecular weight excluding hydrogens is 512 g/mol. The standard InChI is InChI=1S/C23H21BrN2O6S/c1-26(33(28,29)20-9-3-17(24)4-10-20)18-5-7-19(8-6-18)30-14-23(27)25-13-16-2-11-21-22(12-16)32-15-31-21/h2-12H,13-15H2,1H3,(H,25,27). The minimum atomic E-state index is -3.69. The van der Waals surface area contributed by atoms with Gasteiger partial charge in [0.15, 0.2) is 18.1 Å². The lowest BCUT2D eigenvalue weighted by Crippen LogP contribution is -2.28. The fourth-order valence-corrected chi connectivity index (χ4v) is 4.57. The van der Waals surface area contributed by atoms with E-state index in [2.05, 4.69) is 21.2 Å². The fraction of sp³-hybridized carbons (Fsp3) is 0.174. The van der Waals surface area contributed by atoms with Gasteiger partial charge in [-0.05, 0) is 66.2 Å². The summed E-state index contributed by atoms with van der Waals surface area (Å²) in [5.41, 5.74) is 1.35. The van der Waals surface area contributed by atoms with Gasteiger partial charge in [0.25, 0.3) is 15.9 Å². The third-order valence-corrected chi connectivity index (χ3v) is 7.30. The van der Waals surface area contributed by atoms with Crippen molar-refractivity contribution >= 4 is 37.5 Å². The predicted molar refractivity (Wildman–Crippen MR) is 126 cm³/mol. The maximum atomic E-state index is 12.8. The quantitative estimate of drug-likeness (QED) is 0.475. The Balaban J connectivity index is 1.30. The molecule has 172 valence electrons. The molecule has 0 bridgehead atoms. The first-order valence-electron chi connectivity index (χ1n) is 9.95. The van der Waals surface area contributed by atoms with Gasteiger partial charge in [0.2, 0.25) is 6.79 Å². The first-order chi connectivity index (χ1) is 15.8. The Labute approximate surface area is 200 Å². The molecule has 4 rings (SSSR count). The van der Waals surface area contributed by atoms with Crippen molar-refractivity contribution in [1.82, 2.24) is 5.32 Å². The highest BCUT2D eigenvalue weighted by molar-refractivity contribution is 9.10. The Morgan fingerprint density at radius 3 is 2.45 bits per heavy atom. The lowest BCUT2D eigenvalue weighted by Gasteiger charge is -2.20. The molecule has 0 atom stereocenters. The molecular formula is C23H21BrN2O6S. The van der Waals surface area contributed by atoms with Crippen molar-refractivity contribution in [1.29, 1.82) is 0 Å². The van der Waals surface area contributed by atoms with Gasteiger partial charge in [-0.2, -0.15) is 0 Å². The summed E-state index contributed by atoms with van der Waals surface area (Å²) in [6.07, 6.45) is 0. The summed E-state index contributed by atoms with van der Waals surface area (Å²) in [6, 6.07) is 18.4. The number of ether oxygens (including phenoxy) is 3. The molecule has 0 saturated carbocycles. The Morgan fingerprint density at radius 1 is 1.03 bits per heavy atom. The van der Waals surface area contributed by atoms with Crippen LogP contribution in [0.4, 0.5) is 5.69 Å². The van der Waals surface area contributed by atoms with Gasteiger partial charge >= 0.3 is 0 Å². The van der Waals surface area contributed by atoms with Gasteiger partial charge in [-0.3, -0.25) is 9.10 Å². The number of carbonyl (C=O) groups is 1. The van der Waals surface area contributed by atoms with E-state index in [1.165, 1.54) is 23.5 Å². The summed E-state index contributed by atoms with van der Waals surface area (Å²) < 4.78 is 43.7. The zero-order valence-electron chi connectivity index (χ0n) is 17.7. The average Bonchev–Trinajstić information content (AvgIpc) is 3.29. The van der Waals surface area contributed by atoms with E-state index in [1.807, 2.05) is 12.1 Å². The van der Waals surface area contributed by atoms with Crippen LogP contribution in [0.1, 0.15) is 5.56 Å². The highest BCUT2D eigenvalue weighted by atomic mass is 79.9. The van der Waals surface area contributed by atoms with Crippen LogP contribution in [0.5, 0.6) is 17.2 Å². The number of anilines is 1. The second-order valence-electron chi connectivity index (χ2n) is 7.17.